The highest BCUT2D eigenvalue weighted by Crippen LogP contribution is 1.78. The third-order valence-corrected chi connectivity index (χ3v) is 0.596. The zero-order chi connectivity index (χ0) is 4.83. The van der Waals surface area contributed by atoms with Gasteiger partial charge in [0.1, 0.15) is 0 Å². The molecule has 0 aromatic carbocycles. The second-order valence-corrected chi connectivity index (χ2v) is 1.14. The van der Waals surface area contributed by atoms with E-state index in [-0.39, 0.29) is 0 Å². The molecule has 0 aromatic rings. The Hall–Kier alpha value is -0.240. The van der Waals surface area contributed by atoms with E-state index in [1.54, 1.807) is 7.05 Å². The number of rotatable bonds is 2. The first-order chi connectivity index (χ1) is 2.91. The Morgan fingerprint density at radius 2 is 2.50 bits per heavy atom. The summed E-state index contributed by atoms with van der Waals surface area (Å²) in [5.41, 5.74) is 2.56. The van der Waals surface area contributed by atoms with Gasteiger partial charge >= 0.3 is 0 Å². The number of thiocyanates is 1. The summed E-state index contributed by atoms with van der Waals surface area (Å²) in [4.78, 5) is 2.50. The van der Waals surface area contributed by atoms with Crippen LogP contribution >= 0.6 is 11.9 Å². The van der Waals surface area contributed by atoms with Crippen LogP contribution in [-0.4, -0.2) is 7.05 Å². The Morgan fingerprint density at radius 1 is 1.83 bits per heavy atom. The van der Waals surface area contributed by atoms with Gasteiger partial charge < -0.3 is 0 Å². The van der Waals surface area contributed by atoms with Crippen LogP contribution in [-0.2, 0) is 0 Å². The lowest BCUT2D eigenvalue weighted by atomic mass is 11.5. The SMILES string of the molecule is CNNSC#N. The number of nitriles is 1. The van der Waals surface area contributed by atoms with E-state index in [0.29, 0.717) is 0 Å². The molecule has 0 aromatic heterocycles. The molecule has 0 aliphatic carbocycles. The van der Waals surface area contributed by atoms with Crippen molar-refractivity contribution in [2.24, 2.45) is 0 Å². The van der Waals surface area contributed by atoms with E-state index >= 15 is 0 Å². The second kappa shape index (κ2) is 4.76. The first kappa shape index (κ1) is 5.76. The molecule has 0 fully saturated rings. The van der Waals surface area contributed by atoms with Crippen LogP contribution in [0.25, 0.3) is 0 Å². The molecule has 0 amide bonds. The molecule has 0 unspecified atom stereocenters. The summed E-state index contributed by atoms with van der Waals surface area (Å²) in [7, 11) is 1.70. The van der Waals surface area contributed by atoms with E-state index in [1.807, 2.05) is 5.40 Å². The number of nitrogens with zero attached hydrogens (tertiary/aromatic N) is 1. The zero-order valence-electron chi connectivity index (χ0n) is 3.36. The van der Waals surface area contributed by atoms with Gasteiger partial charge in [0.05, 0.1) is 11.9 Å². The van der Waals surface area contributed by atoms with Crippen LogP contribution in [0.15, 0.2) is 0 Å². The van der Waals surface area contributed by atoms with Crippen molar-refractivity contribution in [3.63, 3.8) is 0 Å². The fraction of sp³-hybridized carbons (Fsp3) is 0.500. The minimum Gasteiger partial charge on any atom is -0.250 e. The maximum atomic E-state index is 7.81. The largest absolute Gasteiger partial charge is 0.250 e. The lowest BCUT2D eigenvalue weighted by Gasteiger charge is -1.86. The van der Waals surface area contributed by atoms with E-state index in [2.05, 4.69) is 10.3 Å². The molecule has 0 saturated carbocycles. The first-order valence-corrected chi connectivity index (χ1v) is 2.20. The van der Waals surface area contributed by atoms with Crippen molar-refractivity contribution in [1.82, 2.24) is 10.3 Å². The minimum absolute atomic E-state index is 0.953. The molecule has 6 heavy (non-hydrogen) atoms. The maximum Gasteiger partial charge on any atom is 0.151 e. The van der Waals surface area contributed by atoms with Crippen LogP contribution in [0.1, 0.15) is 0 Å². The summed E-state index contributed by atoms with van der Waals surface area (Å²) in [6, 6.07) is 0. The molecule has 0 saturated heterocycles. The normalized spacial score (nSPS) is 7.33. The Balaban J connectivity index is 2.54. The van der Waals surface area contributed by atoms with E-state index < -0.39 is 0 Å². The van der Waals surface area contributed by atoms with Crippen LogP contribution in [0.3, 0.4) is 0 Å². The molecule has 3 nitrogen and oxygen atoms in total. The van der Waals surface area contributed by atoms with Gasteiger partial charge in [0.2, 0.25) is 0 Å². The molecule has 0 atom stereocenters. The molecule has 0 bridgehead atoms. The highest BCUT2D eigenvalue weighted by Gasteiger charge is 1.68. The van der Waals surface area contributed by atoms with Gasteiger partial charge in [-0.05, 0) is 7.05 Å². The third kappa shape index (κ3) is 3.76. The van der Waals surface area contributed by atoms with Crippen LogP contribution in [0.4, 0.5) is 0 Å². The van der Waals surface area contributed by atoms with Gasteiger partial charge in [-0.3, -0.25) is 5.43 Å². The van der Waals surface area contributed by atoms with Gasteiger partial charge in [0.25, 0.3) is 0 Å². The molecule has 34 valence electrons. The van der Waals surface area contributed by atoms with Crippen LogP contribution in [0, 0.1) is 10.7 Å². The van der Waals surface area contributed by atoms with Crippen molar-refractivity contribution >= 4 is 11.9 Å². The molecule has 0 spiro atoms. The summed E-state index contributed by atoms with van der Waals surface area (Å²) >= 11 is 0.953. The highest BCUT2D eigenvalue weighted by molar-refractivity contribution is 8.01. The van der Waals surface area contributed by atoms with Crippen molar-refractivity contribution in [2.45, 2.75) is 0 Å². The van der Waals surface area contributed by atoms with E-state index in [0.717, 1.165) is 11.9 Å². The minimum atomic E-state index is 0.953. The number of hydrogen-bond donors (Lipinski definition) is 2. The number of hydrazine groups is 1. The van der Waals surface area contributed by atoms with Gasteiger partial charge in [0.15, 0.2) is 5.40 Å². The van der Waals surface area contributed by atoms with Gasteiger partial charge in [-0.2, -0.15) is 10.1 Å². The van der Waals surface area contributed by atoms with Crippen molar-refractivity contribution in [3.8, 4) is 5.40 Å². The molecular weight excluding hydrogens is 98.1 g/mol. The predicted octanol–water partition coefficient (Wildman–Crippen LogP) is -0.160. The van der Waals surface area contributed by atoms with E-state index in [4.69, 9.17) is 5.26 Å². The van der Waals surface area contributed by atoms with Gasteiger partial charge in [-0.1, -0.05) is 0 Å². The summed E-state index contributed by atoms with van der Waals surface area (Å²) in [5, 5.41) is 9.62. The van der Waals surface area contributed by atoms with Crippen LogP contribution in [0.2, 0.25) is 0 Å². The second-order valence-electron chi connectivity index (χ2n) is 0.545. The standard InChI is InChI=1S/C2H5N3S/c1-4-5-6-2-3/h4-5H,1H3. The van der Waals surface area contributed by atoms with E-state index in [9.17, 15) is 0 Å². The average molecular weight is 103 g/mol. The van der Waals surface area contributed by atoms with E-state index in [1.165, 1.54) is 0 Å². The monoisotopic (exact) mass is 103 g/mol. The Kier molecular flexibility index (Phi) is 4.57. The topological polar surface area (TPSA) is 47.8 Å². The lowest BCUT2D eigenvalue weighted by Crippen LogP contribution is -2.18. The average Bonchev–Trinajstić information content (AvgIpc) is 1.61. The van der Waals surface area contributed by atoms with Gasteiger partial charge in [-0.25, -0.2) is 0 Å². The Morgan fingerprint density at radius 3 is 2.67 bits per heavy atom. The van der Waals surface area contributed by atoms with Crippen molar-refractivity contribution in [3.05, 3.63) is 0 Å². The molecule has 0 radical (unpaired) electrons. The molecular formula is C2H5N3S. The Bertz CT molecular complexity index is 56.3. The smallest absolute Gasteiger partial charge is 0.151 e. The molecule has 4 heteroatoms. The lowest BCUT2D eigenvalue weighted by molar-refractivity contribution is 0.821. The Labute approximate surface area is 40.8 Å². The number of nitrogens with one attached hydrogen (secondary N) is 2. The third-order valence-electron chi connectivity index (χ3n) is 0.199. The van der Waals surface area contributed by atoms with Crippen LogP contribution < -0.4 is 10.3 Å². The fourth-order valence-corrected chi connectivity index (χ4v) is 0.222. The van der Waals surface area contributed by atoms with Gasteiger partial charge in [0, 0.05) is 0 Å². The molecule has 0 rings (SSSR count). The van der Waals surface area contributed by atoms with Crippen molar-refractivity contribution < 1.29 is 0 Å². The number of hydrogen-bond acceptors (Lipinski definition) is 4. The summed E-state index contributed by atoms with van der Waals surface area (Å²) in [5.74, 6) is 0. The fourth-order valence-electron chi connectivity index (χ4n) is 0.0739. The summed E-state index contributed by atoms with van der Waals surface area (Å²) in [6.07, 6.45) is 0. The molecule has 2 N–H and O–H groups in total. The van der Waals surface area contributed by atoms with Crippen LogP contribution in [0.5, 0.6) is 0 Å². The summed E-state index contributed by atoms with van der Waals surface area (Å²) < 4.78 is 0. The molecule has 0 heterocycles. The highest BCUT2D eigenvalue weighted by atomic mass is 32.2. The summed E-state index contributed by atoms with van der Waals surface area (Å²) in [6.45, 7) is 0. The maximum absolute atomic E-state index is 7.81. The van der Waals surface area contributed by atoms with Crippen molar-refractivity contribution in [1.29, 1.82) is 5.26 Å². The first-order valence-electron chi connectivity index (χ1n) is 1.38. The predicted molar refractivity (Wildman–Crippen MR) is 25.4 cm³/mol. The molecule has 0 aliphatic rings. The van der Waals surface area contributed by atoms with Crippen molar-refractivity contribution in [2.75, 3.05) is 7.05 Å². The molecule has 0 aliphatic heterocycles. The van der Waals surface area contributed by atoms with Gasteiger partial charge in [-0.15, -0.1) is 0 Å². The zero-order valence-corrected chi connectivity index (χ0v) is 4.17. The quantitative estimate of drug-likeness (QED) is 0.221.